The number of hydroxylamine groups is 3. The SMILES string of the molecule is O=C(O)CCC[N+]([O-])(CC(=O)O)CP(=O)(O)O. The van der Waals surface area contributed by atoms with Crippen LogP contribution in [0.15, 0.2) is 0 Å². The van der Waals surface area contributed by atoms with Crippen LogP contribution in [0.25, 0.3) is 0 Å². The van der Waals surface area contributed by atoms with Crippen molar-refractivity contribution in [3.63, 3.8) is 0 Å². The van der Waals surface area contributed by atoms with Crippen molar-refractivity contribution in [2.24, 2.45) is 0 Å². The topological polar surface area (TPSA) is 155 Å². The van der Waals surface area contributed by atoms with Crippen LogP contribution in [0.1, 0.15) is 12.8 Å². The second-order valence-corrected chi connectivity index (χ2v) is 5.25. The van der Waals surface area contributed by atoms with E-state index in [2.05, 4.69) is 0 Å². The Morgan fingerprint density at radius 1 is 1.18 bits per heavy atom. The van der Waals surface area contributed by atoms with Gasteiger partial charge in [0, 0.05) is 6.42 Å². The lowest BCUT2D eigenvalue weighted by Gasteiger charge is -2.40. The molecule has 0 saturated carbocycles. The van der Waals surface area contributed by atoms with Gasteiger partial charge in [-0.25, -0.2) is 4.79 Å². The molecule has 4 N–H and O–H groups in total. The van der Waals surface area contributed by atoms with Crippen molar-refractivity contribution in [3.05, 3.63) is 5.21 Å². The van der Waals surface area contributed by atoms with E-state index in [4.69, 9.17) is 20.0 Å². The summed E-state index contributed by atoms with van der Waals surface area (Å²) < 4.78 is 9.06. The first kappa shape index (κ1) is 16.0. The summed E-state index contributed by atoms with van der Waals surface area (Å²) in [5.41, 5.74) is 0. The number of hydrogen-bond acceptors (Lipinski definition) is 4. The van der Waals surface area contributed by atoms with E-state index >= 15 is 0 Å². The summed E-state index contributed by atoms with van der Waals surface area (Å²) in [6.45, 7) is -1.48. The maximum atomic E-state index is 11.8. The van der Waals surface area contributed by atoms with Crippen LogP contribution in [0.4, 0.5) is 0 Å². The average molecular weight is 271 g/mol. The molecule has 0 aromatic rings. The second kappa shape index (κ2) is 6.08. The molecule has 0 aromatic heterocycles. The van der Waals surface area contributed by atoms with Gasteiger partial charge in [-0.3, -0.25) is 9.36 Å². The van der Waals surface area contributed by atoms with Crippen molar-refractivity contribution >= 4 is 19.5 Å². The molecule has 0 spiro atoms. The van der Waals surface area contributed by atoms with Crippen molar-refractivity contribution in [1.29, 1.82) is 0 Å². The van der Waals surface area contributed by atoms with E-state index in [1.54, 1.807) is 0 Å². The Morgan fingerprint density at radius 2 is 1.71 bits per heavy atom. The maximum Gasteiger partial charge on any atom is 0.379 e. The molecule has 0 aliphatic heterocycles. The van der Waals surface area contributed by atoms with Crippen molar-refractivity contribution in [3.8, 4) is 0 Å². The highest BCUT2D eigenvalue weighted by atomic mass is 31.2. The lowest BCUT2D eigenvalue weighted by molar-refractivity contribution is -0.862. The summed E-state index contributed by atoms with van der Waals surface area (Å²) in [5.74, 6) is -2.66. The molecule has 0 radical (unpaired) electrons. The van der Waals surface area contributed by atoms with Gasteiger partial charge in [-0.2, -0.15) is 0 Å². The van der Waals surface area contributed by atoms with Gasteiger partial charge in [-0.05, 0) is 0 Å². The van der Waals surface area contributed by atoms with Crippen molar-refractivity contribution in [2.45, 2.75) is 12.8 Å². The smallest absolute Gasteiger partial charge is 0.379 e. The highest BCUT2D eigenvalue weighted by Crippen LogP contribution is 2.37. The van der Waals surface area contributed by atoms with Crippen molar-refractivity contribution in [2.75, 3.05) is 19.4 Å². The molecule has 0 aromatic carbocycles. The van der Waals surface area contributed by atoms with Crippen LogP contribution in [0.2, 0.25) is 0 Å². The molecule has 100 valence electrons. The van der Waals surface area contributed by atoms with Crippen LogP contribution in [0.3, 0.4) is 0 Å². The molecular weight excluding hydrogens is 257 g/mol. The monoisotopic (exact) mass is 271 g/mol. The molecule has 0 aliphatic carbocycles. The quantitative estimate of drug-likeness (QED) is 0.258. The van der Waals surface area contributed by atoms with Gasteiger partial charge in [0.1, 0.15) is 0 Å². The molecule has 0 heterocycles. The summed E-state index contributed by atoms with van der Waals surface area (Å²) >= 11 is 0. The molecule has 0 saturated heterocycles. The molecule has 0 amide bonds. The minimum Gasteiger partial charge on any atom is -0.632 e. The molecule has 10 heteroatoms. The van der Waals surface area contributed by atoms with E-state index in [9.17, 15) is 19.4 Å². The van der Waals surface area contributed by atoms with Crippen LogP contribution in [-0.2, 0) is 14.2 Å². The standard InChI is InChI=1S/C7H14NO8P/c9-6(10)2-1-3-8(13,4-7(11)12)5-17(14,15)16/h1-5H2,(H,9,10)(H,11,12)(H2,14,15,16). The van der Waals surface area contributed by atoms with Gasteiger partial charge in [0.05, 0.1) is 13.0 Å². The van der Waals surface area contributed by atoms with Gasteiger partial charge in [0.2, 0.25) is 0 Å². The largest absolute Gasteiger partial charge is 0.632 e. The van der Waals surface area contributed by atoms with Crippen LogP contribution in [0, 0.1) is 5.21 Å². The van der Waals surface area contributed by atoms with Crippen LogP contribution in [-0.4, -0.2) is 56.0 Å². The molecule has 1 atom stereocenters. The molecule has 1 unspecified atom stereocenters. The minimum absolute atomic E-state index is 0.147. The lowest BCUT2D eigenvalue weighted by atomic mass is 10.3. The number of nitrogens with zero attached hydrogens (tertiary/aromatic N) is 1. The van der Waals surface area contributed by atoms with Gasteiger partial charge in [-0.1, -0.05) is 0 Å². The van der Waals surface area contributed by atoms with Gasteiger partial charge >= 0.3 is 19.5 Å². The summed E-state index contributed by atoms with van der Waals surface area (Å²) in [6, 6.07) is 0. The van der Waals surface area contributed by atoms with E-state index in [-0.39, 0.29) is 12.8 Å². The molecular formula is C7H14NO8P. The highest BCUT2D eigenvalue weighted by molar-refractivity contribution is 7.51. The Labute approximate surface area is 96.6 Å². The van der Waals surface area contributed by atoms with E-state index in [0.29, 0.717) is 0 Å². The molecule has 0 rings (SSSR count). The van der Waals surface area contributed by atoms with Crippen molar-refractivity contribution in [1.82, 2.24) is 0 Å². The van der Waals surface area contributed by atoms with Gasteiger partial charge in [0.25, 0.3) is 0 Å². The lowest BCUT2D eigenvalue weighted by Crippen LogP contribution is -2.47. The zero-order chi connectivity index (χ0) is 13.7. The van der Waals surface area contributed by atoms with Gasteiger partial charge < -0.3 is 29.9 Å². The van der Waals surface area contributed by atoms with Crippen molar-refractivity contribution < 1.29 is 38.8 Å². The number of rotatable bonds is 8. The third-order valence-corrected chi connectivity index (χ3v) is 2.71. The number of quaternary nitrogens is 1. The average Bonchev–Trinajstić information content (AvgIpc) is 1.95. The minimum atomic E-state index is -4.66. The number of aliphatic carboxylic acids is 2. The predicted octanol–water partition coefficient (Wildman–Crippen LogP) is -0.614. The Bertz CT molecular complexity index is 339. The predicted molar refractivity (Wildman–Crippen MR) is 54.8 cm³/mol. The van der Waals surface area contributed by atoms with Crippen LogP contribution in [0.5, 0.6) is 0 Å². The van der Waals surface area contributed by atoms with E-state index in [1.807, 2.05) is 0 Å². The summed E-state index contributed by atoms with van der Waals surface area (Å²) in [6.07, 6.45) is -1.67. The van der Waals surface area contributed by atoms with Gasteiger partial charge in [-0.15, -0.1) is 0 Å². The Kier molecular flexibility index (Phi) is 5.73. The highest BCUT2D eigenvalue weighted by Gasteiger charge is 2.30. The zero-order valence-corrected chi connectivity index (χ0v) is 9.75. The van der Waals surface area contributed by atoms with E-state index < -0.39 is 43.6 Å². The third kappa shape index (κ3) is 8.78. The number of carboxylic acid groups (broad SMARTS) is 2. The zero-order valence-electron chi connectivity index (χ0n) is 8.85. The summed E-state index contributed by atoms with van der Waals surface area (Å²) in [7, 11) is -4.66. The number of carbonyl (C=O) groups is 2. The summed E-state index contributed by atoms with van der Waals surface area (Å²) in [4.78, 5) is 37.9. The molecule has 17 heavy (non-hydrogen) atoms. The second-order valence-electron chi connectivity index (χ2n) is 3.64. The fourth-order valence-electron chi connectivity index (χ4n) is 1.30. The first-order valence-electron chi connectivity index (χ1n) is 4.59. The number of hydrogen-bond donors (Lipinski definition) is 4. The fraction of sp³-hybridized carbons (Fsp3) is 0.714. The summed E-state index contributed by atoms with van der Waals surface area (Å²) in [5, 5.41) is 28.6. The first-order valence-corrected chi connectivity index (χ1v) is 6.39. The normalized spacial score (nSPS) is 15.2. The Hall–Kier alpha value is -0.990. The van der Waals surface area contributed by atoms with Crippen LogP contribution >= 0.6 is 7.60 Å². The maximum absolute atomic E-state index is 11.8. The number of carboxylic acids is 2. The van der Waals surface area contributed by atoms with E-state index in [0.717, 1.165) is 0 Å². The first-order chi connectivity index (χ1) is 7.54. The Morgan fingerprint density at radius 3 is 2.06 bits per heavy atom. The third-order valence-electron chi connectivity index (χ3n) is 1.82. The fourth-order valence-corrected chi connectivity index (χ4v) is 2.21. The molecule has 0 bridgehead atoms. The molecule has 0 aliphatic rings. The molecule has 9 nitrogen and oxygen atoms in total. The van der Waals surface area contributed by atoms with Crippen LogP contribution < -0.4 is 0 Å². The molecule has 0 fully saturated rings. The van der Waals surface area contributed by atoms with E-state index in [1.165, 1.54) is 0 Å². The van der Waals surface area contributed by atoms with Gasteiger partial charge in [0.15, 0.2) is 12.8 Å². The Balaban J connectivity index is 4.55.